The van der Waals surface area contributed by atoms with E-state index in [4.69, 9.17) is 18.5 Å². The molecule has 0 aliphatic carbocycles. The Hall–Kier alpha value is -1.25. The van der Waals surface area contributed by atoms with Crippen LogP contribution >= 0.6 is 7.82 Å². The molecule has 1 N–H and O–H groups in total. The van der Waals surface area contributed by atoms with Crippen molar-refractivity contribution in [1.82, 2.24) is 4.90 Å². The summed E-state index contributed by atoms with van der Waals surface area (Å²) in [4.78, 5) is 37.1. The van der Waals surface area contributed by atoms with Gasteiger partial charge in [-0.25, -0.2) is 4.57 Å². The molecule has 0 spiro atoms. The van der Waals surface area contributed by atoms with Crippen LogP contribution in [0, 0.1) is 0 Å². The van der Waals surface area contributed by atoms with Crippen LogP contribution in [0.3, 0.4) is 0 Å². The summed E-state index contributed by atoms with van der Waals surface area (Å²) in [6, 6.07) is 0. The lowest BCUT2D eigenvalue weighted by Gasteiger charge is -2.20. The first-order valence-electron chi connectivity index (χ1n) is 24.0. The summed E-state index contributed by atoms with van der Waals surface area (Å²) in [5.74, 6) is -0.799. The third-order valence-electron chi connectivity index (χ3n) is 10.6. The number of allylic oxidation sites excluding steroid dienone is 2. The maximum absolute atomic E-state index is 12.7. The van der Waals surface area contributed by atoms with Crippen molar-refractivity contribution < 1.29 is 37.6 Å². The molecule has 2 unspecified atom stereocenters. The molecule has 338 valence electrons. The minimum atomic E-state index is -4.36. The van der Waals surface area contributed by atoms with Crippen LogP contribution in [0.2, 0.25) is 0 Å². The van der Waals surface area contributed by atoms with Crippen molar-refractivity contribution in [3.63, 3.8) is 0 Å². The van der Waals surface area contributed by atoms with Crippen LogP contribution in [0.15, 0.2) is 12.2 Å². The highest BCUT2D eigenvalue weighted by atomic mass is 31.2. The first-order chi connectivity index (χ1) is 27.7. The van der Waals surface area contributed by atoms with E-state index in [1.165, 1.54) is 148 Å². The molecular formula is C47H92NO8P. The number of nitrogens with zero attached hydrogens (tertiary/aromatic N) is 1. The van der Waals surface area contributed by atoms with E-state index in [0.29, 0.717) is 13.0 Å². The van der Waals surface area contributed by atoms with Gasteiger partial charge in [0.2, 0.25) is 0 Å². The van der Waals surface area contributed by atoms with Gasteiger partial charge in [0, 0.05) is 19.4 Å². The second-order valence-corrected chi connectivity index (χ2v) is 18.1. The van der Waals surface area contributed by atoms with Gasteiger partial charge in [-0.05, 0) is 52.6 Å². The van der Waals surface area contributed by atoms with Crippen molar-refractivity contribution in [3.8, 4) is 0 Å². The fraction of sp³-hybridized carbons (Fsp3) is 0.915. The molecule has 0 aliphatic heterocycles. The molecule has 0 radical (unpaired) electrons. The SMILES string of the molecule is CCCCCCCC/C=C\CCCCCCCC(=O)OCC(COP(=O)(O)OCCN(C)C)OC(=O)CCCCCCCCCCCCCCCCCCCCC. The summed E-state index contributed by atoms with van der Waals surface area (Å²) < 4.78 is 33.5. The van der Waals surface area contributed by atoms with Gasteiger partial charge in [0.15, 0.2) is 6.10 Å². The topological polar surface area (TPSA) is 112 Å². The fourth-order valence-corrected chi connectivity index (χ4v) is 7.60. The van der Waals surface area contributed by atoms with Gasteiger partial charge in [-0.2, -0.15) is 0 Å². The summed E-state index contributed by atoms with van der Waals surface area (Å²) in [5, 5.41) is 0. The molecule has 0 aromatic rings. The maximum Gasteiger partial charge on any atom is 0.472 e. The van der Waals surface area contributed by atoms with Crippen LogP contribution < -0.4 is 0 Å². The predicted octanol–water partition coefficient (Wildman–Crippen LogP) is 14.0. The Kier molecular flexibility index (Phi) is 41.9. The molecule has 0 bridgehead atoms. The predicted molar refractivity (Wildman–Crippen MR) is 239 cm³/mol. The van der Waals surface area contributed by atoms with Crippen molar-refractivity contribution in [3.05, 3.63) is 12.2 Å². The molecule has 0 saturated heterocycles. The second-order valence-electron chi connectivity index (χ2n) is 16.6. The molecule has 0 heterocycles. The largest absolute Gasteiger partial charge is 0.472 e. The quantitative estimate of drug-likeness (QED) is 0.0277. The zero-order valence-electron chi connectivity index (χ0n) is 37.8. The number of unbranched alkanes of at least 4 members (excludes halogenated alkanes) is 29. The van der Waals surface area contributed by atoms with Crippen LogP contribution in [-0.4, -0.2) is 68.3 Å². The van der Waals surface area contributed by atoms with Crippen molar-refractivity contribution in [2.75, 3.05) is 40.5 Å². The Morgan fingerprint density at radius 3 is 1.30 bits per heavy atom. The molecular weight excluding hydrogens is 737 g/mol. The van der Waals surface area contributed by atoms with Crippen LogP contribution in [0.1, 0.15) is 232 Å². The van der Waals surface area contributed by atoms with E-state index in [2.05, 4.69) is 26.0 Å². The first kappa shape index (κ1) is 55.8. The molecule has 0 saturated carbocycles. The van der Waals surface area contributed by atoms with E-state index >= 15 is 0 Å². The van der Waals surface area contributed by atoms with Crippen molar-refractivity contribution in [2.45, 2.75) is 238 Å². The standard InChI is InChI=1S/C47H92NO8P/c1-5-7-9-11-13-15-17-19-21-22-23-24-26-28-30-32-34-36-38-40-47(50)56-45(44-55-57(51,52)54-42-41-48(3)4)43-53-46(49)39-37-35-33-31-29-27-25-20-18-16-14-12-10-8-6-2/h20,25,45H,5-19,21-24,26-44H2,1-4H3,(H,51,52)/b25-20-. The van der Waals surface area contributed by atoms with E-state index in [1.807, 2.05) is 19.0 Å². The molecule has 10 heteroatoms. The second kappa shape index (κ2) is 42.9. The number of ether oxygens (including phenoxy) is 2. The lowest BCUT2D eigenvalue weighted by molar-refractivity contribution is -0.161. The Balaban J connectivity index is 4.20. The third kappa shape index (κ3) is 44.1. The highest BCUT2D eigenvalue weighted by molar-refractivity contribution is 7.47. The van der Waals surface area contributed by atoms with Crippen molar-refractivity contribution in [1.29, 1.82) is 0 Å². The van der Waals surface area contributed by atoms with Crippen LogP contribution in [-0.2, 0) is 32.7 Å². The number of carbonyl (C=O) groups is 2. The molecule has 57 heavy (non-hydrogen) atoms. The summed E-state index contributed by atoms with van der Waals surface area (Å²) in [7, 11) is -0.705. The zero-order chi connectivity index (χ0) is 41.9. The van der Waals surface area contributed by atoms with Gasteiger partial charge in [-0.1, -0.05) is 193 Å². The van der Waals surface area contributed by atoms with Gasteiger partial charge < -0.3 is 19.3 Å². The number of rotatable bonds is 45. The molecule has 0 aromatic carbocycles. The smallest absolute Gasteiger partial charge is 0.462 e. The number of phosphoric acid groups is 1. The van der Waals surface area contributed by atoms with E-state index in [1.54, 1.807) is 0 Å². The average Bonchev–Trinajstić information content (AvgIpc) is 3.18. The van der Waals surface area contributed by atoms with E-state index < -0.39 is 26.5 Å². The summed E-state index contributed by atoms with van der Waals surface area (Å²) >= 11 is 0. The van der Waals surface area contributed by atoms with Gasteiger partial charge in [0.1, 0.15) is 6.61 Å². The zero-order valence-corrected chi connectivity index (χ0v) is 38.7. The minimum absolute atomic E-state index is 0.00950. The van der Waals surface area contributed by atoms with Crippen LogP contribution in [0.25, 0.3) is 0 Å². The molecule has 0 fully saturated rings. The molecule has 0 aromatic heterocycles. The summed E-state index contributed by atoms with van der Waals surface area (Å²) in [6.45, 7) is 4.35. The molecule has 0 rings (SSSR count). The van der Waals surface area contributed by atoms with Gasteiger partial charge in [0.05, 0.1) is 13.2 Å². The van der Waals surface area contributed by atoms with Crippen molar-refractivity contribution in [2.24, 2.45) is 0 Å². The highest BCUT2D eigenvalue weighted by Gasteiger charge is 2.26. The Morgan fingerprint density at radius 1 is 0.526 bits per heavy atom. The Labute approximate surface area is 352 Å². The summed E-state index contributed by atoms with van der Waals surface area (Å²) in [6.07, 6.45) is 44.0. The van der Waals surface area contributed by atoms with E-state index in [0.717, 1.165) is 51.4 Å². The maximum atomic E-state index is 12.7. The van der Waals surface area contributed by atoms with Crippen LogP contribution in [0.5, 0.6) is 0 Å². The Bertz CT molecular complexity index is 962. The Morgan fingerprint density at radius 2 is 0.895 bits per heavy atom. The number of carbonyl (C=O) groups excluding carboxylic acids is 2. The fourth-order valence-electron chi connectivity index (χ4n) is 6.86. The van der Waals surface area contributed by atoms with Crippen molar-refractivity contribution >= 4 is 19.8 Å². The van der Waals surface area contributed by atoms with Gasteiger partial charge in [0.25, 0.3) is 0 Å². The normalized spacial score (nSPS) is 13.4. The molecule has 2 atom stereocenters. The highest BCUT2D eigenvalue weighted by Crippen LogP contribution is 2.43. The summed E-state index contributed by atoms with van der Waals surface area (Å²) in [5.41, 5.74) is 0. The van der Waals surface area contributed by atoms with Gasteiger partial charge in [-0.3, -0.25) is 18.6 Å². The molecule has 0 amide bonds. The van der Waals surface area contributed by atoms with E-state index in [-0.39, 0.29) is 32.0 Å². The van der Waals surface area contributed by atoms with E-state index in [9.17, 15) is 19.0 Å². The monoisotopic (exact) mass is 830 g/mol. The van der Waals surface area contributed by atoms with Crippen LogP contribution in [0.4, 0.5) is 0 Å². The first-order valence-corrected chi connectivity index (χ1v) is 25.5. The lowest BCUT2D eigenvalue weighted by Crippen LogP contribution is -2.29. The molecule has 0 aliphatic rings. The van der Waals surface area contributed by atoms with Gasteiger partial charge >= 0.3 is 19.8 Å². The molecule has 9 nitrogen and oxygen atoms in total. The number of esters is 2. The number of hydrogen-bond acceptors (Lipinski definition) is 8. The number of likely N-dealkylation sites (N-methyl/N-ethyl adjacent to an activating group) is 1. The van der Waals surface area contributed by atoms with Gasteiger partial charge in [-0.15, -0.1) is 0 Å². The third-order valence-corrected chi connectivity index (χ3v) is 11.6. The number of hydrogen-bond donors (Lipinski definition) is 1. The lowest BCUT2D eigenvalue weighted by atomic mass is 10.0. The minimum Gasteiger partial charge on any atom is -0.462 e. The average molecular weight is 830 g/mol. The number of phosphoric ester groups is 1.